The number of ketones is 2. The van der Waals surface area contributed by atoms with Crippen molar-refractivity contribution >= 4 is 23.5 Å². The smallest absolute Gasteiger partial charge is 0.306 e. The van der Waals surface area contributed by atoms with E-state index >= 15 is 0 Å². The summed E-state index contributed by atoms with van der Waals surface area (Å²) in [5, 5.41) is 0. The summed E-state index contributed by atoms with van der Waals surface area (Å²) in [6, 6.07) is 0. The van der Waals surface area contributed by atoms with E-state index in [0.717, 1.165) is 25.7 Å². The van der Waals surface area contributed by atoms with Gasteiger partial charge in [-0.15, -0.1) is 0 Å². The first-order valence-corrected chi connectivity index (χ1v) is 13.3. The molecule has 1 aliphatic heterocycles. The van der Waals surface area contributed by atoms with Crippen LogP contribution in [-0.2, 0) is 33.4 Å². The van der Waals surface area contributed by atoms with Crippen LogP contribution in [0, 0.1) is 28.6 Å². The summed E-state index contributed by atoms with van der Waals surface area (Å²) in [5.41, 5.74) is -1.25. The topological polar surface area (TPSA) is 99.3 Å². The van der Waals surface area contributed by atoms with Gasteiger partial charge in [0.1, 0.15) is 5.60 Å². The zero-order chi connectivity index (χ0) is 25.4. The van der Waals surface area contributed by atoms with Gasteiger partial charge in [0.15, 0.2) is 18.0 Å². The summed E-state index contributed by atoms with van der Waals surface area (Å²) < 4.78 is 18.1. The lowest BCUT2D eigenvalue weighted by Gasteiger charge is -2.57. The van der Waals surface area contributed by atoms with E-state index in [-0.39, 0.29) is 65.9 Å². The van der Waals surface area contributed by atoms with Crippen molar-refractivity contribution < 1.29 is 33.4 Å². The second kappa shape index (κ2) is 7.99. The van der Waals surface area contributed by atoms with Gasteiger partial charge in [-0.1, -0.05) is 40.2 Å². The van der Waals surface area contributed by atoms with Crippen LogP contribution in [0.3, 0.4) is 0 Å². The van der Waals surface area contributed by atoms with Crippen LogP contribution in [0.1, 0.15) is 86.0 Å². The molecule has 3 saturated carbocycles. The molecule has 1 heterocycles. The van der Waals surface area contributed by atoms with E-state index < -0.39 is 23.0 Å². The summed E-state index contributed by atoms with van der Waals surface area (Å²) in [7, 11) is 0. The number of hydrogen-bond acceptors (Lipinski definition) is 7. The first-order valence-electron chi connectivity index (χ1n) is 13.3. The summed E-state index contributed by atoms with van der Waals surface area (Å²) in [4.78, 5) is 50.7. The lowest BCUT2D eigenvalue weighted by atomic mass is 9.46. The Labute approximate surface area is 207 Å². The van der Waals surface area contributed by atoms with Gasteiger partial charge < -0.3 is 14.2 Å². The molecule has 7 heteroatoms. The van der Waals surface area contributed by atoms with Crippen molar-refractivity contribution in [1.29, 1.82) is 0 Å². The maximum Gasteiger partial charge on any atom is 0.306 e. The third-order valence-corrected chi connectivity index (χ3v) is 10.5. The minimum atomic E-state index is -1.35. The number of carbonyl (C=O) groups excluding carboxylic acids is 4. The van der Waals surface area contributed by atoms with Gasteiger partial charge in [0.2, 0.25) is 5.78 Å². The number of rotatable bonds is 6. The van der Waals surface area contributed by atoms with E-state index in [4.69, 9.17) is 14.2 Å². The molecule has 5 rings (SSSR count). The van der Waals surface area contributed by atoms with Crippen LogP contribution in [-0.4, -0.2) is 47.4 Å². The van der Waals surface area contributed by atoms with Crippen LogP contribution in [0.2, 0.25) is 0 Å². The summed E-state index contributed by atoms with van der Waals surface area (Å²) in [5.74, 6) is -0.820. The highest BCUT2D eigenvalue weighted by atomic mass is 16.6. The molecule has 0 aromatic heterocycles. The largest absolute Gasteiger partial charge is 0.457 e. The molecule has 0 amide bonds. The van der Waals surface area contributed by atoms with Gasteiger partial charge in [-0.2, -0.15) is 0 Å². The highest BCUT2D eigenvalue weighted by Gasteiger charge is 2.83. The van der Waals surface area contributed by atoms with Crippen molar-refractivity contribution in [2.45, 2.75) is 103 Å². The van der Waals surface area contributed by atoms with Crippen LogP contribution >= 0.6 is 0 Å². The summed E-state index contributed by atoms with van der Waals surface area (Å²) in [6.45, 7) is 9.38. The maximum atomic E-state index is 13.9. The maximum absolute atomic E-state index is 13.9. The van der Waals surface area contributed by atoms with Gasteiger partial charge >= 0.3 is 11.9 Å². The molecule has 7 nitrogen and oxygen atoms in total. The Morgan fingerprint density at radius 3 is 2.49 bits per heavy atom. The fourth-order valence-electron chi connectivity index (χ4n) is 8.81. The molecule has 1 saturated heterocycles. The minimum Gasteiger partial charge on any atom is -0.457 e. The highest BCUT2D eigenvalue weighted by molar-refractivity contribution is 5.94. The van der Waals surface area contributed by atoms with Crippen molar-refractivity contribution in [3.63, 3.8) is 0 Å². The molecule has 0 aromatic rings. The van der Waals surface area contributed by atoms with E-state index in [2.05, 4.69) is 13.8 Å². The van der Waals surface area contributed by atoms with Crippen molar-refractivity contribution in [3.8, 4) is 0 Å². The lowest BCUT2D eigenvalue weighted by molar-refractivity contribution is -0.195. The van der Waals surface area contributed by atoms with Gasteiger partial charge in [-0.3, -0.25) is 19.2 Å². The zero-order valence-electron chi connectivity index (χ0n) is 21.6. The first-order chi connectivity index (χ1) is 16.5. The van der Waals surface area contributed by atoms with Crippen LogP contribution in [0.25, 0.3) is 0 Å². The number of esters is 2. The molecular formula is C28H38O7. The number of Topliss-reactive ketones (excluding diaryl/α,β-unsaturated/α-hetero) is 1. The molecule has 8 atom stereocenters. The monoisotopic (exact) mass is 486 g/mol. The molecule has 4 fully saturated rings. The Hall–Kier alpha value is -2.02. The SMILES string of the molecule is CCC(=O)OCC(=O)[C@@]1(OC(=O)CC)[C@@H](C)C[C@H]2[C@@H]3CCC4=CC(=O)CC[C@]4(C)[C@@]34O[C@H]4C[C@@]21C. The van der Waals surface area contributed by atoms with E-state index in [9.17, 15) is 19.2 Å². The summed E-state index contributed by atoms with van der Waals surface area (Å²) in [6.07, 6.45) is 6.62. The third-order valence-electron chi connectivity index (χ3n) is 10.5. The van der Waals surface area contributed by atoms with E-state index in [1.807, 2.05) is 13.0 Å². The molecular weight excluding hydrogens is 448 g/mol. The molecule has 0 radical (unpaired) electrons. The first kappa shape index (κ1) is 24.7. The average Bonchev–Trinajstić information content (AvgIpc) is 3.50. The molecule has 0 N–H and O–H groups in total. The standard InChI is InChI=1S/C28H38O7/c1-6-23(31)33-15-21(30)27(35-24(32)7-2)16(3)12-20-19-9-8-17-13-18(29)10-11-25(17,4)28(19)22(34-28)14-26(20,27)5/h13,16,19-20,22H,6-12,14-15H2,1-5H3/t16-,19-,20-,22-,25-,26-,27-,28+/m0/s1. The van der Waals surface area contributed by atoms with Crippen molar-refractivity contribution in [2.75, 3.05) is 6.61 Å². The van der Waals surface area contributed by atoms with Gasteiger partial charge in [-0.25, -0.2) is 0 Å². The third kappa shape index (κ3) is 3.06. The molecule has 192 valence electrons. The number of carbonyl (C=O) groups is 4. The fraction of sp³-hybridized carbons (Fsp3) is 0.786. The Balaban J connectivity index is 1.54. The number of ether oxygens (including phenoxy) is 3. The Bertz CT molecular complexity index is 1010. The van der Waals surface area contributed by atoms with E-state index in [1.54, 1.807) is 13.8 Å². The molecule has 5 aliphatic rings. The van der Waals surface area contributed by atoms with Crippen molar-refractivity contribution in [2.24, 2.45) is 28.6 Å². The molecule has 4 aliphatic carbocycles. The number of fused-ring (bicyclic) bond motifs is 3. The summed E-state index contributed by atoms with van der Waals surface area (Å²) >= 11 is 0. The zero-order valence-corrected chi connectivity index (χ0v) is 21.6. The molecule has 1 spiro atoms. The lowest BCUT2D eigenvalue weighted by Crippen LogP contribution is -2.64. The quantitative estimate of drug-likeness (QED) is 0.411. The van der Waals surface area contributed by atoms with E-state index in [0.29, 0.717) is 12.8 Å². The second-order valence-corrected chi connectivity index (χ2v) is 11.9. The number of epoxide rings is 1. The minimum absolute atomic E-state index is 0.0494. The van der Waals surface area contributed by atoms with Gasteiger partial charge in [0.25, 0.3) is 0 Å². The Morgan fingerprint density at radius 2 is 1.80 bits per heavy atom. The van der Waals surface area contributed by atoms with Gasteiger partial charge in [0.05, 0.1) is 6.10 Å². The van der Waals surface area contributed by atoms with Gasteiger partial charge in [-0.05, 0) is 50.0 Å². The molecule has 0 aromatic carbocycles. The van der Waals surface area contributed by atoms with Crippen LogP contribution in [0.15, 0.2) is 11.6 Å². The van der Waals surface area contributed by atoms with E-state index in [1.165, 1.54) is 5.57 Å². The predicted molar refractivity (Wildman–Crippen MR) is 126 cm³/mol. The number of hydrogen-bond donors (Lipinski definition) is 0. The normalized spacial score (nSPS) is 45.3. The Kier molecular flexibility index (Phi) is 5.63. The Morgan fingerprint density at radius 1 is 1.09 bits per heavy atom. The van der Waals surface area contributed by atoms with Crippen LogP contribution in [0.5, 0.6) is 0 Å². The second-order valence-electron chi connectivity index (χ2n) is 11.9. The van der Waals surface area contributed by atoms with Gasteiger partial charge in [0, 0.05) is 36.0 Å². The van der Waals surface area contributed by atoms with Crippen molar-refractivity contribution in [1.82, 2.24) is 0 Å². The highest BCUT2D eigenvalue weighted by Crippen LogP contribution is 2.77. The van der Waals surface area contributed by atoms with Crippen molar-refractivity contribution in [3.05, 3.63) is 11.6 Å². The van der Waals surface area contributed by atoms with Crippen LogP contribution in [0.4, 0.5) is 0 Å². The molecule has 0 unspecified atom stereocenters. The molecule has 0 bridgehead atoms. The average molecular weight is 487 g/mol. The fourth-order valence-corrected chi connectivity index (χ4v) is 8.81. The molecule has 35 heavy (non-hydrogen) atoms. The van der Waals surface area contributed by atoms with Crippen LogP contribution < -0.4 is 0 Å². The predicted octanol–water partition coefficient (Wildman–Crippen LogP) is 4.11.